The van der Waals surface area contributed by atoms with Crippen molar-refractivity contribution in [3.05, 3.63) is 41.8 Å². The van der Waals surface area contributed by atoms with Crippen LogP contribution in [0.2, 0.25) is 0 Å². The summed E-state index contributed by atoms with van der Waals surface area (Å²) in [6, 6.07) is 4.91. The second-order valence-corrected chi connectivity index (χ2v) is 1.51. The Morgan fingerprint density at radius 1 is 1.50 bits per heavy atom. The molecule has 1 heterocycles. The first-order valence-electron chi connectivity index (χ1n) is 2.29. The monoisotopic (exact) mass is 108 g/mol. The van der Waals surface area contributed by atoms with E-state index in [-0.39, 0.29) is 5.56 Å². The van der Waals surface area contributed by atoms with Gasteiger partial charge in [-0.1, -0.05) is 18.3 Å². The van der Waals surface area contributed by atoms with Gasteiger partial charge in [-0.3, -0.25) is 0 Å². The summed E-state index contributed by atoms with van der Waals surface area (Å²) < 4.78 is 1.28. The quantitative estimate of drug-likeness (QED) is 0.443. The highest BCUT2D eigenvalue weighted by molar-refractivity contribution is 4.93. The molecule has 42 valence electrons. The maximum absolute atomic E-state index is 10.5. The van der Waals surface area contributed by atoms with Gasteiger partial charge < -0.3 is 9.36 Å². The van der Waals surface area contributed by atoms with Gasteiger partial charge in [0.15, 0.2) is 0 Å². The predicted octanol–water partition coefficient (Wildman–Crippen LogP) is 0.488. The first-order chi connectivity index (χ1) is 3.80. The number of aromatic nitrogens is 1. The Hall–Kier alpha value is -1.18. The molecule has 1 aromatic heterocycles. The summed E-state index contributed by atoms with van der Waals surface area (Å²) in [5.74, 6) is 0. The van der Waals surface area contributed by atoms with Gasteiger partial charge in [-0.2, -0.15) is 0 Å². The average Bonchev–Trinajstić information content (AvgIpc) is 1.77. The summed E-state index contributed by atoms with van der Waals surface area (Å²) in [6.45, 7) is 0. The van der Waals surface area contributed by atoms with Crippen molar-refractivity contribution < 1.29 is 0 Å². The molecule has 0 spiro atoms. The molecule has 2 nitrogen and oxygen atoms in total. The van der Waals surface area contributed by atoms with Gasteiger partial charge in [-0.25, -0.2) is 0 Å². The van der Waals surface area contributed by atoms with Gasteiger partial charge in [0.05, 0.1) is 0 Å². The van der Waals surface area contributed by atoms with Gasteiger partial charge in [0.2, 0.25) is 0 Å². The lowest BCUT2D eigenvalue weighted by atomic mass is 10.5. The summed E-state index contributed by atoms with van der Waals surface area (Å²) in [5.41, 5.74) is -0.0764. The maximum Gasteiger partial charge on any atom is 0.140 e. The van der Waals surface area contributed by atoms with Crippen LogP contribution in [0.1, 0.15) is 0 Å². The van der Waals surface area contributed by atoms with E-state index in [0.29, 0.717) is 0 Å². The molecule has 0 N–H and O–H groups in total. The highest BCUT2D eigenvalue weighted by Crippen LogP contribution is 1.74. The van der Waals surface area contributed by atoms with Gasteiger partial charge in [-0.15, -0.1) is 13.1 Å². The van der Waals surface area contributed by atoms with E-state index in [1.165, 1.54) is 10.6 Å². The fourth-order valence-corrected chi connectivity index (χ4v) is 0.461. The summed E-state index contributed by atoms with van der Waals surface area (Å²) in [7, 11) is 3.42. The molecule has 8 heavy (non-hydrogen) atoms. The molecule has 0 unspecified atom stereocenters. The van der Waals surface area contributed by atoms with E-state index in [2.05, 4.69) is 7.05 Å². The van der Waals surface area contributed by atoms with E-state index in [1.807, 2.05) is 0 Å². The molecule has 0 saturated heterocycles. The molecule has 0 aromatic carbocycles. The normalized spacial score (nSPS) is 9.00. The van der Waals surface area contributed by atoms with Crippen LogP contribution in [0.4, 0.5) is 0 Å². The Morgan fingerprint density at radius 2 is 2.25 bits per heavy atom. The van der Waals surface area contributed by atoms with Crippen molar-refractivity contribution in [2.75, 3.05) is 0 Å². The average molecular weight is 108 g/mol. The zero-order valence-corrected chi connectivity index (χ0v) is 4.37. The molecule has 0 aliphatic rings. The molecule has 0 radical (unpaired) electrons. The van der Waals surface area contributed by atoms with Crippen molar-refractivity contribution in [3.63, 3.8) is 0 Å². The van der Waals surface area contributed by atoms with Crippen molar-refractivity contribution in [1.82, 2.24) is 4.57 Å². The minimum atomic E-state index is -0.0764. The molecular weight excluding hydrogens is 102 g/mol. The van der Waals surface area contributed by atoms with Gasteiger partial charge in [0.25, 0.3) is 0 Å². The van der Waals surface area contributed by atoms with Crippen LogP contribution in [0.5, 0.6) is 0 Å². The first kappa shape index (κ1) is 4.97. The Kier molecular flexibility index (Phi) is 1.08. The standard InChI is InChI=1S/C6H6NO/c1-7-5-3-2-4-6(7)8/h2-5H,1H2/q-1. The van der Waals surface area contributed by atoms with Crippen LogP contribution in [0.15, 0.2) is 29.2 Å². The second kappa shape index (κ2) is 1.74. The van der Waals surface area contributed by atoms with Gasteiger partial charge in [0.1, 0.15) is 5.56 Å². The molecule has 0 aliphatic heterocycles. The van der Waals surface area contributed by atoms with Gasteiger partial charge in [-0.05, 0) is 0 Å². The lowest BCUT2D eigenvalue weighted by molar-refractivity contribution is 0.991. The predicted molar refractivity (Wildman–Crippen MR) is 31.5 cm³/mol. The fourth-order valence-electron chi connectivity index (χ4n) is 0.461. The summed E-state index contributed by atoms with van der Waals surface area (Å²) >= 11 is 0. The smallest absolute Gasteiger partial charge is 0.140 e. The molecule has 0 bridgehead atoms. The summed E-state index contributed by atoms with van der Waals surface area (Å²) in [5, 5.41) is 0. The van der Waals surface area contributed by atoms with Crippen molar-refractivity contribution in [3.8, 4) is 0 Å². The topological polar surface area (TPSA) is 22.0 Å². The Labute approximate surface area is 47.4 Å². The molecule has 0 atom stereocenters. The number of rotatable bonds is 0. The second-order valence-electron chi connectivity index (χ2n) is 1.51. The number of hydrogen-bond donors (Lipinski definition) is 0. The maximum atomic E-state index is 10.5. The lowest BCUT2D eigenvalue weighted by Crippen LogP contribution is -2.10. The minimum absolute atomic E-state index is 0.0764. The highest BCUT2D eigenvalue weighted by atomic mass is 16.1. The number of hydrogen-bond acceptors (Lipinski definition) is 1. The van der Waals surface area contributed by atoms with Crippen molar-refractivity contribution >= 4 is 0 Å². The molecule has 0 saturated carbocycles. The van der Waals surface area contributed by atoms with Crippen LogP contribution in [0.25, 0.3) is 0 Å². The van der Waals surface area contributed by atoms with Crippen molar-refractivity contribution in [2.45, 2.75) is 0 Å². The van der Waals surface area contributed by atoms with Crippen LogP contribution in [-0.2, 0) is 0 Å². The van der Waals surface area contributed by atoms with E-state index in [9.17, 15) is 4.79 Å². The van der Waals surface area contributed by atoms with Gasteiger partial charge >= 0.3 is 0 Å². The van der Waals surface area contributed by atoms with Crippen LogP contribution in [-0.4, -0.2) is 4.57 Å². The van der Waals surface area contributed by atoms with Crippen LogP contribution < -0.4 is 5.56 Å². The van der Waals surface area contributed by atoms with E-state index in [4.69, 9.17) is 0 Å². The zero-order valence-electron chi connectivity index (χ0n) is 4.37. The third-order valence-electron chi connectivity index (χ3n) is 0.899. The van der Waals surface area contributed by atoms with E-state index in [1.54, 1.807) is 18.3 Å². The third-order valence-corrected chi connectivity index (χ3v) is 0.899. The molecular formula is C6H6NO-. The Balaban J connectivity index is 3.35. The highest BCUT2D eigenvalue weighted by Gasteiger charge is 1.69. The molecule has 0 fully saturated rings. The molecule has 1 rings (SSSR count). The SMILES string of the molecule is [CH2-]n1ccccc1=O. The first-order valence-corrected chi connectivity index (χ1v) is 2.29. The fraction of sp³-hybridized carbons (Fsp3) is 0. The lowest BCUT2D eigenvalue weighted by Gasteiger charge is -2.00. The van der Waals surface area contributed by atoms with E-state index >= 15 is 0 Å². The molecule has 0 amide bonds. The summed E-state index contributed by atoms with van der Waals surface area (Å²) in [4.78, 5) is 10.5. The van der Waals surface area contributed by atoms with Crippen LogP contribution in [0, 0.1) is 7.05 Å². The minimum Gasteiger partial charge on any atom is -0.455 e. The molecule has 0 aliphatic carbocycles. The number of pyridine rings is 1. The largest absolute Gasteiger partial charge is 0.455 e. The summed E-state index contributed by atoms with van der Waals surface area (Å²) in [6.07, 6.45) is 1.61. The zero-order chi connectivity index (χ0) is 5.98. The Bertz CT molecular complexity index is 226. The van der Waals surface area contributed by atoms with Gasteiger partial charge in [0, 0.05) is 0 Å². The van der Waals surface area contributed by atoms with E-state index < -0.39 is 0 Å². The van der Waals surface area contributed by atoms with E-state index in [0.717, 1.165) is 0 Å². The molecule has 2 heteroatoms. The Morgan fingerprint density at radius 3 is 2.62 bits per heavy atom. The third kappa shape index (κ3) is 0.729. The van der Waals surface area contributed by atoms with Crippen LogP contribution in [0.3, 0.4) is 0 Å². The van der Waals surface area contributed by atoms with Crippen molar-refractivity contribution in [1.29, 1.82) is 0 Å². The number of nitrogens with zero attached hydrogens (tertiary/aromatic N) is 1. The molecule has 1 aromatic rings. The van der Waals surface area contributed by atoms with Crippen LogP contribution >= 0.6 is 0 Å². The van der Waals surface area contributed by atoms with Crippen molar-refractivity contribution in [2.24, 2.45) is 0 Å².